The summed E-state index contributed by atoms with van der Waals surface area (Å²) >= 11 is 0. The van der Waals surface area contributed by atoms with E-state index in [-0.39, 0.29) is 5.25 Å². The first kappa shape index (κ1) is 16.2. The molecule has 4 unspecified atom stereocenters. The van der Waals surface area contributed by atoms with Gasteiger partial charge in [-0.05, 0) is 56.9 Å². The van der Waals surface area contributed by atoms with Gasteiger partial charge in [0.25, 0.3) is 0 Å². The lowest BCUT2D eigenvalue weighted by atomic mass is 9.89. The molecule has 0 spiro atoms. The Hall–Kier alpha value is -0.130. The molecule has 2 rings (SSSR count). The fourth-order valence-electron chi connectivity index (χ4n) is 3.93. The third kappa shape index (κ3) is 3.55. The Balaban J connectivity index is 1.85. The van der Waals surface area contributed by atoms with Gasteiger partial charge in [0.05, 0.1) is 5.25 Å². The van der Waals surface area contributed by atoms with Crippen molar-refractivity contribution in [3.63, 3.8) is 0 Å². The van der Waals surface area contributed by atoms with E-state index in [4.69, 9.17) is 0 Å². The molecular formula is C15H30N2O2S. The fourth-order valence-corrected chi connectivity index (χ4v) is 5.27. The minimum absolute atomic E-state index is 0.336. The molecule has 4 atom stereocenters. The predicted molar refractivity (Wildman–Crippen MR) is 83.1 cm³/mol. The molecule has 0 aromatic heterocycles. The van der Waals surface area contributed by atoms with E-state index in [0.29, 0.717) is 12.5 Å². The Kier molecular flexibility index (Phi) is 5.49. The average molecular weight is 302 g/mol. The number of rotatable bonds is 8. The summed E-state index contributed by atoms with van der Waals surface area (Å²) < 4.78 is 26.6. The number of nitrogens with one attached hydrogen (secondary N) is 1. The van der Waals surface area contributed by atoms with Crippen LogP contribution in [0, 0.1) is 17.8 Å². The lowest BCUT2D eigenvalue weighted by Crippen LogP contribution is -2.42. The normalized spacial score (nSPS) is 31.1. The molecular weight excluding hydrogens is 272 g/mol. The molecule has 0 amide bonds. The highest BCUT2D eigenvalue weighted by atomic mass is 32.2. The minimum atomic E-state index is -3.15. The number of hydrogen-bond donors (Lipinski definition) is 1. The molecule has 0 aromatic rings. The molecule has 20 heavy (non-hydrogen) atoms. The van der Waals surface area contributed by atoms with Crippen molar-refractivity contribution in [1.82, 2.24) is 9.62 Å². The van der Waals surface area contributed by atoms with E-state index >= 15 is 0 Å². The van der Waals surface area contributed by atoms with Crippen LogP contribution in [-0.4, -0.2) is 44.7 Å². The highest BCUT2D eigenvalue weighted by Crippen LogP contribution is 2.48. The molecule has 2 bridgehead atoms. The van der Waals surface area contributed by atoms with Gasteiger partial charge >= 0.3 is 0 Å². The van der Waals surface area contributed by atoms with Gasteiger partial charge in [0.1, 0.15) is 0 Å². The van der Waals surface area contributed by atoms with Gasteiger partial charge in [-0.25, -0.2) is 12.7 Å². The molecule has 2 saturated carbocycles. The lowest BCUT2D eigenvalue weighted by molar-refractivity contribution is 0.279. The maximum absolute atomic E-state index is 12.5. The monoisotopic (exact) mass is 302 g/mol. The van der Waals surface area contributed by atoms with Crippen molar-refractivity contribution in [2.24, 2.45) is 17.8 Å². The topological polar surface area (TPSA) is 49.4 Å². The largest absolute Gasteiger partial charge is 0.315 e. The quantitative estimate of drug-likeness (QED) is 0.698. The summed E-state index contributed by atoms with van der Waals surface area (Å²) in [4.78, 5) is 0. The maximum Gasteiger partial charge on any atom is 0.217 e. The van der Waals surface area contributed by atoms with E-state index < -0.39 is 10.0 Å². The van der Waals surface area contributed by atoms with Gasteiger partial charge in [0.15, 0.2) is 0 Å². The molecule has 2 aliphatic rings. The number of nitrogens with zero attached hydrogens (tertiary/aromatic N) is 1. The van der Waals surface area contributed by atoms with Crippen molar-refractivity contribution in [1.29, 1.82) is 0 Å². The molecule has 0 aliphatic heterocycles. The van der Waals surface area contributed by atoms with E-state index in [1.807, 2.05) is 6.92 Å². The van der Waals surface area contributed by atoms with Crippen LogP contribution in [-0.2, 0) is 10.0 Å². The van der Waals surface area contributed by atoms with E-state index in [2.05, 4.69) is 12.2 Å². The van der Waals surface area contributed by atoms with E-state index in [9.17, 15) is 8.42 Å². The molecule has 2 aliphatic carbocycles. The Morgan fingerprint density at radius 3 is 2.60 bits per heavy atom. The van der Waals surface area contributed by atoms with Crippen molar-refractivity contribution in [3.8, 4) is 0 Å². The molecule has 0 saturated heterocycles. The first-order valence-corrected chi connectivity index (χ1v) is 9.61. The smallest absolute Gasteiger partial charge is 0.217 e. The van der Waals surface area contributed by atoms with Gasteiger partial charge in [-0.2, -0.15) is 0 Å². The van der Waals surface area contributed by atoms with Crippen LogP contribution in [0.25, 0.3) is 0 Å². The van der Waals surface area contributed by atoms with Crippen molar-refractivity contribution in [3.05, 3.63) is 0 Å². The first-order chi connectivity index (χ1) is 9.45. The van der Waals surface area contributed by atoms with E-state index in [1.54, 1.807) is 11.4 Å². The van der Waals surface area contributed by atoms with Gasteiger partial charge in [0, 0.05) is 20.1 Å². The molecule has 118 valence electrons. The van der Waals surface area contributed by atoms with Crippen LogP contribution in [0.4, 0.5) is 0 Å². The summed E-state index contributed by atoms with van der Waals surface area (Å²) in [6.45, 7) is 6.07. The van der Waals surface area contributed by atoms with Crippen molar-refractivity contribution in [2.45, 2.75) is 51.2 Å². The highest BCUT2D eigenvalue weighted by molar-refractivity contribution is 7.89. The van der Waals surface area contributed by atoms with Gasteiger partial charge in [0.2, 0.25) is 10.0 Å². The van der Waals surface area contributed by atoms with Crippen LogP contribution in [0.15, 0.2) is 0 Å². The van der Waals surface area contributed by atoms with Crippen molar-refractivity contribution in [2.75, 3.05) is 26.7 Å². The van der Waals surface area contributed by atoms with Crippen LogP contribution < -0.4 is 5.32 Å². The standard InChI is InChI=1S/C15H30N2O2S/c1-4-7-16-10-12(2)20(18,19)17(3)11-15-9-13-5-6-14(15)8-13/h12-16H,4-11H2,1-3H3. The zero-order valence-electron chi connectivity index (χ0n) is 13.1. The number of fused-ring (bicyclic) bond motifs is 2. The predicted octanol–water partition coefficient (Wildman–Crippen LogP) is 2.07. The summed E-state index contributed by atoms with van der Waals surface area (Å²) in [5.74, 6) is 2.26. The van der Waals surface area contributed by atoms with Gasteiger partial charge in [-0.15, -0.1) is 0 Å². The maximum atomic E-state index is 12.5. The molecule has 0 heterocycles. The first-order valence-electron chi connectivity index (χ1n) is 8.11. The van der Waals surface area contributed by atoms with E-state index in [0.717, 1.165) is 31.3 Å². The second-order valence-electron chi connectivity index (χ2n) is 6.78. The fraction of sp³-hybridized carbons (Fsp3) is 1.00. The molecule has 4 nitrogen and oxygen atoms in total. The lowest BCUT2D eigenvalue weighted by Gasteiger charge is -2.28. The summed E-state index contributed by atoms with van der Waals surface area (Å²) in [5.41, 5.74) is 0. The van der Waals surface area contributed by atoms with Crippen molar-refractivity contribution >= 4 is 10.0 Å². The van der Waals surface area contributed by atoms with Crippen molar-refractivity contribution < 1.29 is 8.42 Å². The van der Waals surface area contributed by atoms with E-state index in [1.165, 1.54) is 25.7 Å². The molecule has 1 N–H and O–H groups in total. The van der Waals surface area contributed by atoms with Crippen LogP contribution in [0.1, 0.15) is 46.0 Å². The summed E-state index contributed by atoms with van der Waals surface area (Å²) in [6.07, 6.45) is 6.30. The van der Waals surface area contributed by atoms with Gasteiger partial charge < -0.3 is 5.32 Å². The second kappa shape index (κ2) is 6.75. The van der Waals surface area contributed by atoms with Gasteiger partial charge in [-0.3, -0.25) is 0 Å². The van der Waals surface area contributed by atoms with Crippen LogP contribution >= 0.6 is 0 Å². The number of hydrogen-bond acceptors (Lipinski definition) is 3. The Morgan fingerprint density at radius 1 is 1.30 bits per heavy atom. The Morgan fingerprint density at radius 2 is 2.05 bits per heavy atom. The zero-order chi connectivity index (χ0) is 14.8. The summed E-state index contributed by atoms with van der Waals surface area (Å²) in [7, 11) is -1.39. The van der Waals surface area contributed by atoms with Crippen LogP contribution in [0.5, 0.6) is 0 Å². The molecule has 0 radical (unpaired) electrons. The molecule has 2 fully saturated rings. The summed E-state index contributed by atoms with van der Waals surface area (Å²) in [5, 5.41) is 2.88. The molecule has 0 aromatic carbocycles. The van der Waals surface area contributed by atoms with Crippen LogP contribution in [0.2, 0.25) is 0 Å². The second-order valence-corrected chi connectivity index (χ2v) is 9.23. The Labute approximate surface area is 124 Å². The third-order valence-electron chi connectivity index (χ3n) is 5.18. The minimum Gasteiger partial charge on any atom is -0.315 e. The third-order valence-corrected chi connectivity index (χ3v) is 7.38. The zero-order valence-corrected chi connectivity index (χ0v) is 14.0. The highest BCUT2D eigenvalue weighted by Gasteiger charge is 2.41. The SMILES string of the molecule is CCCNCC(C)S(=O)(=O)N(C)CC1CC2CCC1C2. The Bertz CT molecular complexity index is 410. The summed E-state index contributed by atoms with van der Waals surface area (Å²) in [6, 6.07) is 0. The van der Waals surface area contributed by atoms with Crippen LogP contribution in [0.3, 0.4) is 0 Å². The number of sulfonamides is 1. The van der Waals surface area contributed by atoms with Gasteiger partial charge in [-0.1, -0.05) is 13.3 Å². The average Bonchev–Trinajstić information content (AvgIpc) is 3.01. The molecule has 5 heteroatoms.